The van der Waals surface area contributed by atoms with E-state index in [1.54, 1.807) is 31.2 Å². The van der Waals surface area contributed by atoms with Crippen molar-refractivity contribution in [3.63, 3.8) is 0 Å². The van der Waals surface area contributed by atoms with Crippen molar-refractivity contribution in [2.75, 3.05) is 18.6 Å². The van der Waals surface area contributed by atoms with Gasteiger partial charge in [0.1, 0.15) is 5.75 Å². The molecule has 0 N–H and O–H groups in total. The zero-order chi connectivity index (χ0) is 18.9. The van der Waals surface area contributed by atoms with Gasteiger partial charge in [-0.05, 0) is 31.2 Å². The molecule has 1 fully saturated rings. The maximum absolute atomic E-state index is 13.0. The number of nitrogens with zero attached hydrogens (tertiary/aromatic N) is 4. The Morgan fingerprint density at radius 3 is 2.54 bits per heavy atom. The van der Waals surface area contributed by atoms with Crippen molar-refractivity contribution >= 4 is 29.2 Å². The highest BCUT2D eigenvalue weighted by Gasteiger charge is 2.61. The fraction of sp³-hybridized carbons (Fsp3) is 0.375. The number of imide groups is 1. The summed E-state index contributed by atoms with van der Waals surface area (Å²) in [5, 5.41) is 7.10. The van der Waals surface area contributed by atoms with Gasteiger partial charge in [-0.3, -0.25) is 9.59 Å². The first-order chi connectivity index (χ1) is 12.5. The molecule has 10 nitrogen and oxygen atoms in total. The summed E-state index contributed by atoms with van der Waals surface area (Å²) >= 11 is 0. The lowest BCUT2D eigenvalue weighted by Gasteiger charge is -2.24. The second kappa shape index (κ2) is 6.54. The zero-order valence-electron chi connectivity index (χ0n) is 14.2. The quantitative estimate of drug-likeness (QED) is 0.437. The molecule has 26 heavy (non-hydrogen) atoms. The summed E-state index contributed by atoms with van der Waals surface area (Å²) in [6.07, 6.45) is -0.551. The molecule has 1 atom stereocenters. The highest BCUT2D eigenvalue weighted by molar-refractivity contribution is 6.39. The predicted molar refractivity (Wildman–Crippen MR) is 89.2 cm³/mol. The molecular formula is C16H16N4O6. The fourth-order valence-corrected chi connectivity index (χ4v) is 3.03. The van der Waals surface area contributed by atoms with Crippen LogP contribution in [0.2, 0.25) is 0 Å². The van der Waals surface area contributed by atoms with E-state index in [9.17, 15) is 19.3 Å². The number of amides is 2. The lowest BCUT2D eigenvalue weighted by molar-refractivity contribution is -0.135. The summed E-state index contributed by atoms with van der Waals surface area (Å²) in [4.78, 5) is 49.6. The summed E-state index contributed by atoms with van der Waals surface area (Å²) in [6, 6.07) is 6.31. The van der Waals surface area contributed by atoms with Gasteiger partial charge in [-0.2, -0.15) is 0 Å². The molecule has 2 amide bonds. The summed E-state index contributed by atoms with van der Waals surface area (Å²) in [5.41, 5.74) is -1.43. The number of methoxy groups -OCH3 is 1. The number of rotatable bonds is 5. The first kappa shape index (κ1) is 17.5. The number of hydrazone groups is 1. The number of carbonyl (C=O) groups excluding carboxylic acids is 3. The highest BCUT2D eigenvalue weighted by atomic mass is 16.5. The SMILES string of the molecule is CCOC(=O)C1=NN(N=O)[C@]2(CC(=O)N(c3ccc(OC)cc3)C2=O)C1. The van der Waals surface area contributed by atoms with E-state index < -0.39 is 23.3 Å². The third kappa shape index (κ3) is 2.59. The average molecular weight is 360 g/mol. The van der Waals surface area contributed by atoms with E-state index in [0.717, 1.165) is 4.90 Å². The number of anilines is 1. The predicted octanol–water partition coefficient (Wildman–Crippen LogP) is 1.00. The maximum atomic E-state index is 13.0. The number of hydrogen-bond acceptors (Lipinski definition) is 8. The lowest BCUT2D eigenvalue weighted by atomic mass is 9.92. The van der Waals surface area contributed by atoms with E-state index in [-0.39, 0.29) is 25.2 Å². The normalized spacial score (nSPS) is 22.0. The molecule has 3 rings (SSSR count). The molecule has 1 aromatic rings. The van der Waals surface area contributed by atoms with Crippen molar-refractivity contribution in [2.45, 2.75) is 25.3 Å². The maximum Gasteiger partial charge on any atom is 0.354 e. The fourth-order valence-electron chi connectivity index (χ4n) is 3.03. The molecule has 136 valence electrons. The van der Waals surface area contributed by atoms with Gasteiger partial charge in [-0.25, -0.2) is 9.69 Å². The van der Waals surface area contributed by atoms with E-state index in [2.05, 4.69) is 10.4 Å². The number of ether oxygens (including phenoxy) is 2. The number of nitroso groups, excluding NO2 is 1. The molecule has 0 bridgehead atoms. The Kier molecular flexibility index (Phi) is 4.41. The molecule has 0 radical (unpaired) electrons. The number of hydrogen-bond donors (Lipinski definition) is 0. The second-order valence-corrected chi connectivity index (χ2v) is 5.76. The van der Waals surface area contributed by atoms with Crippen molar-refractivity contribution in [2.24, 2.45) is 10.4 Å². The van der Waals surface area contributed by atoms with Crippen LogP contribution >= 0.6 is 0 Å². The zero-order valence-corrected chi connectivity index (χ0v) is 14.2. The largest absolute Gasteiger partial charge is 0.497 e. The van der Waals surface area contributed by atoms with Gasteiger partial charge in [0, 0.05) is 6.42 Å². The van der Waals surface area contributed by atoms with Crippen LogP contribution in [-0.2, 0) is 19.1 Å². The third-order valence-electron chi connectivity index (χ3n) is 4.27. The Bertz CT molecular complexity index is 805. The van der Waals surface area contributed by atoms with E-state index in [4.69, 9.17) is 9.47 Å². The van der Waals surface area contributed by atoms with Gasteiger partial charge >= 0.3 is 5.97 Å². The first-order valence-electron chi connectivity index (χ1n) is 7.86. The summed E-state index contributed by atoms with van der Waals surface area (Å²) in [7, 11) is 1.50. The van der Waals surface area contributed by atoms with Crippen LogP contribution in [-0.4, -0.2) is 47.9 Å². The molecule has 2 heterocycles. The second-order valence-electron chi connectivity index (χ2n) is 5.76. The van der Waals surface area contributed by atoms with Gasteiger partial charge in [-0.15, -0.1) is 15.1 Å². The topological polar surface area (TPSA) is 118 Å². The molecular weight excluding hydrogens is 344 g/mol. The van der Waals surface area contributed by atoms with Gasteiger partial charge in [0.2, 0.25) is 5.91 Å². The Hall–Kier alpha value is -3.30. The minimum Gasteiger partial charge on any atom is -0.497 e. The molecule has 0 saturated carbocycles. The van der Waals surface area contributed by atoms with E-state index in [0.29, 0.717) is 16.6 Å². The van der Waals surface area contributed by atoms with Crippen molar-refractivity contribution in [3.05, 3.63) is 29.2 Å². The van der Waals surface area contributed by atoms with Gasteiger partial charge in [0.25, 0.3) is 5.91 Å². The van der Waals surface area contributed by atoms with Crippen LogP contribution in [0.3, 0.4) is 0 Å². The van der Waals surface area contributed by atoms with E-state index in [1.165, 1.54) is 7.11 Å². The minimum atomic E-state index is -1.64. The van der Waals surface area contributed by atoms with Crippen LogP contribution in [0.1, 0.15) is 19.8 Å². The van der Waals surface area contributed by atoms with E-state index in [1.807, 2.05) is 0 Å². The monoisotopic (exact) mass is 360 g/mol. The molecule has 2 aliphatic heterocycles. The van der Waals surface area contributed by atoms with Gasteiger partial charge in [0.15, 0.2) is 11.3 Å². The van der Waals surface area contributed by atoms with Crippen molar-refractivity contribution < 1.29 is 23.9 Å². The van der Waals surface area contributed by atoms with Crippen LogP contribution < -0.4 is 9.64 Å². The lowest BCUT2D eigenvalue weighted by Crippen LogP contribution is -2.48. The molecule has 0 aliphatic carbocycles. The van der Waals surface area contributed by atoms with Gasteiger partial charge in [-0.1, -0.05) is 0 Å². The summed E-state index contributed by atoms with van der Waals surface area (Å²) < 4.78 is 9.91. The Labute approximate surface area is 148 Å². The van der Waals surface area contributed by atoms with Crippen LogP contribution in [0.15, 0.2) is 34.7 Å². The Morgan fingerprint density at radius 2 is 1.96 bits per heavy atom. The Balaban J connectivity index is 1.92. The molecule has 1 saturated heterocycles. The van der Waals surface area contributed by atoms with Crippen molar-refractivity contribution in [3.8, 4) is 5.75 Å². The van der Waals surface area contributed by atoms with Crippen molar-refractivity contribution in [1.29, 1.82) is 0 Å². The average Bonchev–Trinajstić information content (AvgIpc) is 3.13. The van der Waals surface area contributed by atoms with E-state index >= 15 is 0 Å². The Morgan fingerprint density at radius 1 is 1.27 bits per heavy atom. The molecule has 0 aromatic heterocycles. The molecule has 2 aliphatic rings. The molecule has 1 aromatic carbocycles. The van der Waals surface area contributed by atoms with Crippen LogP contribution in [0, 0.1) is 4.91 Å². The number of esters is 1. The van der Waals surface area contributed by atoms with Gasteiger partial charge in [0.05, 0.1) is 31.1 Å². The van der Waals surface area contributed by atoms with Crippen LogP contribution in [0.4, 0.5) is 5.69 Å². The minimum absolute atomic E-state index is 0.115. The smallest absolute Gasteiger partial charge is 0.354 e. The molecule has 1 spiro atoms. The molecule has 10 heteroatoms. The van der Waals surface area contributed by atoms with Gasteiger partial charge < -0.3 is 9.47 Å². The van der Waals surface area contributed by atoms with Crippen LogP contribution in [0.5, 0.6) is 5.75 Å². The highest BCUT2D eigenvalue weighted by Crippen LogP contribution is 2.40. The first-order valence-corrected chi connectivity index (χ1v) is 7.86. The third-order valence-corrected chi connectivity index (χ3v) is 4.27. The number of benzene rings is 1. The van der Waals surface area contributed by atoms with Crippen molar-refractivity contribution in [1.82, 2.24) is 5.12 Å². The summed E-state index contributed by atoms with van der Waals surface area (Å²) in [6.45, 7) is 1.73. The standard InChI is InChI=1S/C16H16N4O6/c1-3-26-14(22)12-8-16(20(17-12)18-24)9-13(21)19(15(16)23)10-4-6-11(25-2)7-5-10/h4-7H,3,8-9H2,1-2H3/t16-/m0/s1. The summed E-state index contributed by atoms with van der Waals surface area (Å²) in [5.74, 6) is -1.38. The number of carbonyl (C=O) groups is 3. The molecule has 0 unspecified atom stereocenters. The van der Waals surface area contributed by atoms with Crippen LogP contribution in [0.25, 0.3) is 0 Å².